The highest BCUT2D eigenvalue weighted by molar-refractivity contribution is 5.90. The highest BCUT2D eigenvalue weighted by Crippen LogP contribution is 2.21. The molecule has 2 rings (SSSR count). The summed E-state index contributed by atoms with van der Waals surface area (Å²) in [4.78, 5) is 38.5. The van der Waals surface area contributed by atoms with E-state index in [9.17, 15) is 18.8 Å². The van der Waals surface area contributed by atoms with Crippen molar-refractivity contribution in [3.63, 3.8) is 0 Å². The topological polar surface area (TPSA) is 103 Å². The Kier molecular flexibility index (Phi) is 5.18. The Morgan fingerprint density at radius 2 is 2.08 bits per heavy atom. The van der Waals surface area contributed by atoms with Gasteiger partial charge in [-0.1, -0.05) is 0 Å². The van der Waals surface area contributed by atoms with E-state index in [4.69, 9.17) is 5.11 Å². The summed E-state index contributed by atoms with van der Waals surface area (Å²) in [6, 6.07) is 3.33. The lowest BCUT2D eigenvalue weighted by atomic mass is 10.0. The number of carboxylic acid groups (broad SMARTS) is 1. The molecule has 2 aromatic rings. The van der Waals surface area contributed by atoms with E-state index in [-0.39, 0.29) is 12.2 Å². The second-order valence-electron chi connectivity index (χ2n) is 5.55. The van der Waals surface area contributed by atoms with Gasteiger partial charge >= 0.3 is 5.97 Å². The second-order valence-corrected chi connectivity index (χ2v) is 5.55. The number of rotatable bonds is 6. The number of aromatic amines is 1. The number of halogens is 1. The molecule has 128 valence electrons. The Labute approximate surface area is 137 Å². The molecular weight excluding hydrogens is 317 g/mol. The van der Waals surface area contributed by atoms with Gasteiger partial charge in [0.1, 0.15) is 18.4 Å². The van der Waals surface area contributed by atoms with Gasteiger partial charge in [0.2, 0.25) is 11.8 Å². The molecule has 1 heterocycles. The van der Waals surface area contributed by atoms with E-state index in [1.165, 1.54) is 26.1 Å². The van der Waals surface area contributed by atoms with Crippen molar-refractivity contribution in [1.82, 2.24) is 15.2 Å². The van der Waals surface area contributed by atoms with Crippen molar-refractivity contribution in [2.24, 2.45) is 0 Å². The molecule has 8 heteroatoms. The number of amides is 2. The van der Waals surface area contributed by atoms with Crippen LogP contribution in [-0.4, -0.2) is 52.4 Å². The number of carboxylic acids is 1. The normalized spacial score (nSPS) is 12.0. The van der Waals surface area contributed by atoms with Crippen LogP contribution in [0.1, 0.15) is 12.5 Å². The van der Waals surface area contributed by atoms with E-state index in [2.05, 4.69) is 10.3 Å². The van der Waals surface area contributed by atoms with Crippen LogP contribution in [0.2, 0.25) is 0 Å². The summed E-state index contributed by atoms with van der Waals surface area (Å²) < 4.78 is 13.2. The van der Waals surface area contributed by atoms with Gasteiger partial charge in [0.15, 0.2) is 0 Å². The minimum atomic E-state index is -1.14. The number of likely N-dealkylation sites (N-methyl/N-ethyl adjacent to an activating group) is 1. The van der Waals surface area contributed by atoms with Crippen LogP contribution in [0.25, 0.3) is 10.9 Å². The molecule has 1 aromatic carbocycles. The zero-order valence-corrected chi connectivity index (χ0v) is 13.3. The number of hydrogen-bond acceptors (Lipinski definition) is 3. The molecule has 1 aromatic heterocycles. The SMILES string of the molecule is CC(=O)NC(Cc1c[nH]c2cc(F)ccc12)C(=O)N(C)CC(=O)O. The fourth-order valence-corrected chi connectivity index (χ4v) is 2.54. The van der Waals surface area contributed by atoms with Gasteiger partial charge in [0, 0.05) is 37.5 Å². The predicted molar refractivity (Wildman–Crippen MR) is 84.8 cm³/mol. The molecule has 1 atom stereocenters. The van der Waals surface area contributed by atoms with E-state index in [0.717, 1.165) is 15.8 Å². The van der Waals surface area contributed by atoms with Crippen molar-refractivity contribution < 1.29 is 23.9 Å². The number of carbonyl (C=O) groups is 3. The molecule has 0 spiro atoms. The highest BCUT2D eigenvalue weighted by Gasteiger charge is 2.25. The Morgan fingerprint density at radius 1 is 1.38 bits per heavy atom. The fraction of sp³-hybridized carbons (Fsp3) is 0.312. The van der Waals surface area contributed by atoms with Crippen molar-refractivity contribution in [2.45, 2.75) is 19.4 Å². The first kappa shape index (κ1) is 17.5. The van der Waals surface area contributed by atoms with E-state index < -0.39 is 30.4 Å². The molecule has 24 heavy (non-hydrogen) atoms. The van der Waals surface area contributed by atoms with Crippen molar-refractivity contribution in [1.29, 1.82) is 0 Å². The smallest absolute Gasteiger partial charge is 0.323 e. The Hall–Kier alpha value is -2.90. The van der Waals surface area contributed by atoms with E-state index >= 15 is 0 Å². The summed E-state index contributed by atoms with van der Waals surface area (Å²) in [5.41, 5.74) is 1.30. The van der Waals surface area contributed by atoms with E-state index in [1.807, 2.05) is 0 Å². The molecule has 0 bridgehead atoms. The third kappa shape index (κ3) is 4.09. The van der Waals surface area contributed by atoms with Crippen molar-refractivity contribution in [3.8, 4) is 0 Å². The van der Waals surface area contributed by atoms with Gasteiger partial charge in [-0.2, -0.15) is 0 Å². The van der Waals surface area contributed by atoms with Crippen LogP contribution in [0.5, 0.6) is 0 Å². The van der Waals surface area contributed by atoms with Crippen LogP contribution in [0.4, 0.5) is 4.39 Å². The summed E-state index contributed by atoms with van der Waals surface area (Å²) in [6.07, 6.45) is 1.80. The van der Waals surface area contributed by atoms with E-state index in [1.54, 1.807) is 12.3 Å². The van der Waals surface area contributed by atoms with Gasteiger partial charge in [-0.3, -0.25) is 14.4 Å². The average Bonchev–Trinajstić information content (AvgIpc) is 2.86. The summed E-state index contributed by atoms with van der Waals surface area (Å²) >= 11 is 0. The fourth-order valence-electron chi connectivity index (χ4n) is 2.54. The second kappa shape index (κ2) is 7.12. The van der Waals surface area contributed by atoms with Crippen molar-refractivity contribution in [3.05, 3.63) is 35.8 Å². The van der Waals surface area contributed by atoms with Crippen LogP contribution < -0.4 is 5.32 Å². The number of H-pyrrole nitrogens is 1. The standard InChI is InChI=1S/C16H18FN3O4/c1-9(21)19-14(16(24)20(2)8-15(22)23)5-10-7-18-13-6-11(17)3-4-12(10)13/h3-4,6-7,14,18H,5,8H2,1-2H3,(H,19,21)(H,22,23). The van der Waals surface area contributed by atoms with Gasteiger partial charge in [0.05, 0.1) is 0 Å². The van der Waals surface area contributed by atoms with Crippen molar-refractivity contribution >= 4 is 28.7 Å². The maximum atomic E-state index is 13.2. The Balaban J connectivity index is 2.25. The van der Waals surface area contributed by atoms with Crippen molar-refractivity contribution in [2.75, 3.05) is 13.6 Å². The van der Waals surface area contributed by atoms with Crippen LogP contribution in [0, 0.1) is 5.82 Å². The number of fused-ring (bicyclic) bond motifs is 1. The van der Waals surface area contributed by atoms with Gasteiger partial charge in [-0.25, -0.2) is 4.39 Å². The highest BCUT2D eigenvalue weighted by atomic mass is 19.1. The lowest BCUT2D eigenvalue weighted by Crippen LogP contribution is -2.49. The van der Waals surface area contributed by atoms with Gasteiger partial charge < -0.3 is 20.3 Å². The van der Waals surface area contributed by atoms with E-state index in [0.29, 0.717) is 5.52 Å². The zero-order valence-electron chi connectivity index (χ0n) is 13.3. The summed E-state index contributed by atoms with van der Waals surface area (Å²) in [5.74, 6) is -2.44. The van der Waals surface area contributed by atoms with Crippen LogP contribution in [0.15, 0.2) is 24.4 Å². The predicted octanol–water partition coefficient (Wildman–Crippen LogP) is 0.897. The Bertz CT molecular complexity index is 787. The van der Waals surface area contributed by atoms with Crippen LogP contribution >= 0.6 is 0 Å². The average molecular weight is 335 g/mol. The van der Waals surface area contributed by atoms with Crippen LogP contribution in [0.3, 0.4) is 0 Å². The molecule has 7 nitrogen and oxygen atoms in total. The molecule has 0 aliphatic heterocycles. The first-order chi connectivity index (χ1) is 11.3. The molecule has 0 saturated carbocycles. The number of nitrogens with one attached hydrogen (secondary N) is 2. The van der Waals surface area contributed by atoms with Crippen LogP contribution in [-0.2, 0) is 20.8 Å². The maximum Gasteiger partial charge on any atom is 0.323 e. The third-order valence-electron chi connectivity index (χ3n) is 3.58. The lowest BCUT2D eigenvalue weighted by molar-refractivity contribution is -0.144. The largest absolute Gasteiger partial charge is 0.480 e. The quantitative estimate of drug-likeness (QED) is 0.730. The first-order valence-electron chi connectivity index (χ1n) is 7.27. The molecule has 3 N–H and O–H groups in total. The summed E-state index contributed by atoms with van der Waals surface area (Å²) in [6.45, 7) is 0.816. The number of carbonyl (C=O) groups excluding carboxylic acids is 2. The monoisotopic (exact) mass is 335 g/mol. The minimum absolute atomic E-state index is 0.161. The molecule has 0 aliphatic carbocycles. The summed E-state index contributed by atoms with van der Waals surface area (Å²) in [5, 5.41) is 12.1. The maximum absolute atomic E-state index is 13.2. The first-order valence-corrected chi connectivity index (χ1v) is 7.27. The number of benzene rings is 1. The number of aromatic nitrogens is 1. The molecule has 0 radical (unpaired) electrons. The number of nitrogens with zero attached hydrogens (tertiary/aromatic N) is 1. The molecule has 0 saturated heterocycles. The van der Waals surface area contributed by atoms with Gasteiger partial charge in [-0.05, 0) is 23.8 Å². The number of aliphatic carboxylic acids is 1. The Morgan fingerprint density at radius 3 is 2.71 bits per heavy atom. The molecular formula is C16H18FN3O4. The number of hydrogen-bond donors (Lipinski definition) is 3. The van der Waals surface area contributed by atoms with Gasteiger partial charge in [-0.15, -0.1) is 0 Å². The molecule has 1 unspecified atom stereocenters. The molecule has 0 fully saturated rings. The zero-order chi connectivity index (χ0) is 17.9. The minimum Gasteiger partial charge on any atom is -0.480 e. The third-order valence-corrected chi connectivity index (χ3v) is 3.58. The molecule has 0 aliphatic rings. The van der Waals surface area contributed by atoms with Gasteiger partial charge in [0.25, 0.3) is 0 Å². The molecule has 2 amide bonds. The summed E-state index contributed by atoms with van der Waals surface area (Å²) in [7, 11) is 1.36. The lowest BCUT2D eigenvalue weighted by Gasteiger charge is -2.23.